The topological polar surface area (TPSA) is 59.3 Å². The number of aromatic nitrogens is 2. The van der Waals surface area contributed by atoms with Gasteiger partial charge in [-0.05, 0) is 23.8 Å². The molecule has 0 spiro atoms. The van der Waals surface area contributed by atoms with Gasteiger partial charge in [-0.1, -0.05) is 12.1 Å². The molecule has 1 fully saturated rings. The summed E-state index contributed by atoms with van der Waals surface area (Å²) in [6.45, 7) is 1.82. The number of cyclic esters (lactones) is 1. The van der Waals surface area contributed by atoms with Gasteiger partial charge >= 0.3 is 6.09 Å². The summed E-state index contributed by atoms with van der Waals surface area (Å²) in [5.41, 5.74) is 3.71. The third-order valence-electron chi connectivity index (χ3n) is 4.88. The molecule has 0 unspecified atom stereocenters. The minimum absolute atomic E-state index is 0.159. The molecule has 7 heteroatoms. The fourth-order valence-electron chi connectivity index (χ4n) is 3.31. The highest BCUT2D eigenvalue weighted by molar-refractivity contribution is 5.91. The van der Waals surface area contributed by atoms with Crippen LogP contribution in [0.3, 0.4) is 0 Å². The molecule has 1 atom stereocenters. The second-order valence-corrected chi connectivity index (χ2v) is 6.55. The Hall–Kier alpha value is -3.06. The molecule has 0 aliphatic carbocycles. The number of ether oxygens (including phenoxy) is 2. The number of fused-ring (bicyclic) bond motifs is 1. The zero-order chi connectivity index (χ0) is 18.8. The first-order valence-corrected chi connectivity index (χ1v) is 8.86. The maximum absolute atomic E-state index is 12.4. The Morgan fingerprint density at radius 3 is 2.85 bits per heavy atom. The van der Waals surface area contributed by atoms with Crippen molar-refractivity contribution in [2.45, 2.75) is 6.04 Å². The van der Waals surface area contributed by atoms with Crippen LogP contribution in [-0.2, 0) is 9.47 Å². The molecule has 0 saturated carbocycles. The molecule has 3 heterocycles. The number of anilines is 2. The van der Waals surface area contributed by atoms with E-state index in [1.807, 2.05) is 48.1 Å². The second-order valence-electron chi connectivity index (χ2n) is 6.55. The third kappa shape index (κ3) is 3.33. The molecule has 2 aromatic heterocycles. The third-order valence-corrected chi connectivity index (χ3v) is 4.88. The molecule has 27 heavy (non-hydrogen) atoms. The number of hydrogen-bond donors (Lipinski definition) is 0. The zero-order valence-corrected chi connectivity index (χ0v) is 15.4. The molecular weight excluding hydrogens is 344 g/mol. The quantitative estimate of drug-likeness (QED) is 0.671. The lowest BCUT2D eigenvalue weighted by Gasteiger charge is -2.23. The summed E-state index contributed by atoms with van der Waals surface area (Å²) in [6, 6.07) is 11.9. The summed E-state index contributed by atoms with van der Waals surface area (Å²) < 4.78 is 12.4. The van der Waals surface area contributed by atoms with E-state index in [9.17, 15) is 4.79 Å². The Kier molecular flexibility index (Phi) is 4.68. The van der Waals surface area contributed by atoms with Crippen molar-refractivity contribution in [1.82, 2.24) is 9.38 Å². The smallest absolute Gasteiger partial charge is 0.415 e. The predicted molar refractivity (Wildman–Crippen MR) is 103 cm³/mol. The molecule has 1 saturated heterocycles. The molecule has 0 bridgehead atoms. The Labute approximate surface area is 157 Å². The number of methoxy groups -OCH3 is 1. The minimum atomic E-state index is -0.336. The van der Waals surface area contributed by atoms with Crippen molar-refractivity contribution in [3.8, 4) is 0 Å². The standard InChI is InChI=1S/C20H22N4O3/c1-22(11-12-26-2)16-5-3-15(4-6-16)18-14-27-20(25)24(18)17-7-9-23-10-8-21-19(23)13-17/h3-10,13,18H,11-12,14H2,1-2H3/t18-/m1/s1. The first-order chi connectivity index (χ1) is 13.2. The number of carbonyl (C=O) groups excluding carboxylic acids is 1. The van der Waals surface area contributed by atoms with Gasteiger partial charge in [0.05, 0.1) is 18.3 Å². The molecule has 1 aromatic carbocycles. The maximum Gasteiger partial charge on any atom is 0.415 e. The van der Waals surface area contributed by atoms with Crippen LogP contribution in [0.2, 0.25) is 0 Å². The summed E-state index contributed by atoms with van der Waals surface area (Å²) >= 11 is 0. The van der Waals surface area contributed by atoms with E-state index in [4.69, 9.17) is 9.47 Å². The van der Waals surface area contributed by atoms with Crippen LogP contribution in [-0.4, -0.2) is 49.4 Å². The van der Waals surface area contributed by atoms with E-state index in [1.54, 1.807) is 18.2 Å². The van der Waals surface area contributed by atoms with Crippen LogP contribution in [0.4, 0.5) is 16.2 Å². The molecule has 4 rings (SSSR count). The van der Waals surface area contributed by atoms with Gasteiger partial charge in [-0.15, -0.1) is 0 Å². The predicted octanol–water partition coefficient (Wildman–Crippen LogP) is 3.11. The summed E-state index contributed by atoms with van der Waals surface area (Å²) in [5, 5.41) is 0. The summed E-state index contributed by atoms with van der Waals surface area (Å²) in [6.07, 6.45) is 5.17. The number of imidazole rings is 1. The lowest BCUT2D eigenvalue weighted by Crippen LogP contribution is -2.27. The molecule has 0 N–H and O–H groups in total. The van der Waals surface area contributed by atoms with Crippen LogP contribution < -0.4 is 9.80 Å². The van der Waals surface area contributed by atoms with Crippen LogP contribution in [0.25, 0.3) is 5.65 Å². The summed E-state index contributed by atoms with van der Waals surface area (Å²) in [7, 11) is 3.73. The van der Waals surface area contributed by atoms with Gasteiger partial charge in [0.15, 0.2) is 0 Å². The molecular formula is C20H22N4O3. The van der Waals surface area contributed by atoms with Crippen LogP contribution >= 0.6 is 0 Å². The fourth-order valence-corrected chi connectivity index (χ4v) is 3.31. The maximum atomic E-state index is 12.4. The first-order valence-electron chi connectivity index (χ1n) is 8.86. The number of benzene rings is 1. The van der Waals surface area contributed by atoms with Crippen molar-refractivity contribution in [3.05, 3.63) is 60.6 Å². The van der Waals surface area contributed by atoms with E-state index < -0.39 is 0 Å². The van der Waals surface area contributed by atoms with Crippen LogP contribution in [0.1, 0.15) is 11.6 Å². The fraction of sp³-hybridized carbons (Fsp3) is 0.300. The van der Waals surface area contributed by atoms with Gasteiger partial charge in [-0.25, -0.2) is 9.78 Å². The van der Waals surface area contributed by atoms with E-state index >= 15 is 0 Å². The number of amides is 1. The number of pyridine rings is 1. The molecule has 1 aliphatic heterocycles. The average Bonchev–Trinajstić information content (AvgIpc) is 3.31. The molecule has 7 nitrogen and oxygen atoms in total. The lowest BCUT2D eigenvalue weighted by atomic mass is 10.1. The van der Waals surface area contributed by atoms with Crippen molar-refractivity contribution >= 4 is 23.1 Å². The average molecular weight is 366 g/mol. The highest BCUT2D eigenvalue weighted by Crippen LogP contribution is 2.34. The number of hydrogen-bond acceptors (Lipinski definition) is 5. The summed E-state index contributed by atoms with van der Waals surface area (Å²) in [5.74, 6) is 0. The van der Waals surface area contributed by atoms with Crippen molar-refractivity contribution in [2.24, 2.45) is 0 Å². The molecule has 1 aliphatic rings. The molecule has 0 radical (unpaired) electrons. The normalized spacial score (nSPS) is 16.7. The van der Waals surface area contributed by atoms with E-state index in [-0.39, 0.29) is 12.1 Å². The van der Waals surface area contributed by atoms with Crippen molar-refractivity contribution in [3.63, 3.8) is 0 Å². The summed E-state index contributed by atoms with van der Waals surface area (Å²) in [4.78, 5) is 20.5. The van der Waals surface area contributed by atoms with E-state index in [0.29, 0.717) is 13.2 Å². The van der Waals surface area contributed by atoms with Crippen molar-refractivity contribution < 1.29 is 14.3 Å². The zero-order valence-electron chi connectivity index (χ0n) is 15.4. The Balaban J connectivity index is 1.59. The van der Waals surface area contributed by atoms with Gasteiger partial charge in [-0.2, -0.15) is 0 Å². The molecule has 3 aromatic rings. The van der Waals surface area contributed by atoms with E-state index in [0.717, 1.165) is 29.1 Å². The van der Waals surface area contributed by atoms with Crippen LogP contribution in [0, 0.1) is 0 Å². The van der Waals surface area contributed by atoms with E-state index in [2.05, 4.69) is 22.0 Å². The Bertz CT molecular complexity index is 938. The van der Waals surface area contributed by atoms with E-state index in [1.165, 1.54) is 0 Å². The Morgan fingerprint density at radius 2 is 2.07 bits per heavy atom. The largest absolute Gasteiger partial charge is 0.447 e. The van der Waals surface area contributed by atoms with Gasteiger partial charge in [0, 0.05) is 51.0 Å². The number of nitrogens with zero attached hydrogens (tertiary/aromatic N) is 4. The van der Waals surface area contributed by atoms with Gasteiger partial charge in [0.25, 0.3) is 0 Å². The SMILES string of the molecule is COCCN(C)c1ccc([C@H]2COC(=O)N2c2ccn3ccnc3c2)cc1. The van der Waals surface area contributed by atoms with Gasteiger partial charge in [0.1, 0.15) is 12.3 Å². The number of likely N-dealkylation sites (N-methyl/N-ethyl adjacent to an activating group) is 1. The highest BCUT2D eigenvalue weighted by Gasteiger charge is 2.35. The van der Waals surface area contributed by atoms with Gasteiger partial charge < -0.3 is 18.8 Å². The monoisotopic (exact) mass is 366 g/mol. The molecule has 140 valence electrons. The van der Waals surface area contributed by atoms with Crippen LogP contribution in [0.15, 0.2) is 55.0 Å². The second kappa shape index (κ2) is 7.28. The number of carbonyl (C=O) groups is 1. The Morgan fingerprint density at radius 1 is 1.26 bits per heavy atom. The van der Waals surface area contributed by atoms with Gasteiger partial charge in [0.2, 0.25) is 0 Å². The number of rotatable bonds is 6. The van der Waals surface area contributed by atoms with Crippen LogP contribution in [0.5, 0.6) is 0 Å². The van der Waals surface area contributed by atoms with Crippen molar-refractivity contribution in [1.29, 1.82) is 0 Å². The first kappa shape index (κ1) is 17.4. The lowest BCUT2D eigenvalue weighted by molar-refractivity contribution is 0.179. The molecule has 1 amide bonds. The van der Waals surface area contributed by atoms with Gasteiger partial charge in [-0.3, -0.25) is 4.90 Å². The highest BCUT2D eigenvalue weighted by atomic mass is 16.6. The van der Waals surface area contributed by atoms with Crippen molar-refractivity contribution in [2.75, 3.05) is 43.7 Å². The minimum Gasteiger partial charge on any atom is -0.447 e.